The van der Waals surface area contributed by atoms with Gasteiger partial charge < -0.3 is 19.6 Å². The summed E-state index contributed by atoms with van der Waals surface area (Å²) in [7, 11) is 0. The molecule has 2 aromatic rings. The van der Waals surface area contributed by atoms with Crippen molar-refractivity contribution >= 4 is 5.91 Å². The molecule has 5 nitrogen and oxygen atoms in total. The molecule has 0 aliphatic rings. The minimum absolute atomic E-state index is 0.0596. The molecular formula is C17H20FNO4. The van der Waals surface area contributed by atoms with Gasteiger partial charge in [0.2, 0.25) is 5.91 Å². The fourth-order valence-corrected chi connectivity index (χ4v) is 2.01. The number of amides is 1. The highest BCUT2D eigenvalue weighted by Gasteiger charge is 2.26. The van der Waals surface area contributed by atoms with Crippen LogP contribution in [0.15, 0.2) is 47.1 Å². The van der Waals surface area contributed by atoms with Gasteiger partial charge in [0.1, 0.15) is 22.9 Å². The Morgan fingerprint density at radius 3 is 2.91 bits per heavy atom. The van der Waals surface area contributed by atoms with E-state index in [9.17, 15) is 14.3 Å². The van der Waals surface area contributed by atoms with E-state index in [1.807, 2.05) is 0 Å². The average Bonchev–Trinajstić information content (AvgIpc) is 3.05. The van der Waals surface area contributed by atoms with E-state index in [1.54, 1.807) is 31.2 Å². The van der Waals surface area contributed by atoms with Crippen molar-refractivity contribution in [2.45, 2.75) is 25.4 Å². The molecule has 0 radical (unpaired) electrons. The number of benzene rings is 1. The fraction of sp³-hybridized carbons (Fsp3) is 0.353. The van der Waals surface area contributed by atoms with Crippen molar-refractivity contribution in [1.82, 2.24) is 5.32 Å². The minimum Gasteiger partial charge on any atom is -0.493 e. The van der Waals surface area contributed by atoms with Gasteiger partial charge in [0.05, 0.1) is 19.4 Å². The molecule has 23 heavy (non-hydrogen) atoms. The largest absolute Gasteiger partial charge is 0.493 e. The molecule has 0 saturated carbocycles. The first-order valence-electron chi connectivity index (χ1n) is 7.39. The summed E-state index contributed by atoms with van der Waals surface area (Å²) in [6, 6.07) is 9.18. The lowest BCUT2D eigenvalue weighted by molar-refractivity contribution is -0.122. The molecule has 1 aromatic heterocycles. The third-order valence-electron chi connectivity index (χ3n) is 3.29. The van der Waals surface area contributed by atoms with Gasteiger partial charge in [0.15, 0.2) is 0 Å². The van der Waals surface area contributed by atoms with E-state index in [4.69, 9.17) is 9.15 Å². The molecular weight excluding hydrogens is 301 g/mol. The summed E-state index contributed by atoms with van der Waals surface area (Å²) in [4.78, 5) is 11.8. The molecule has 6 heteroatoms. The maximum absolute atomic E-state index is 13.0. The molecule has 1 heterocycles. The summed E-state index contributed by atoms with van der Waals surface area (Å²) in [6.07, 6.45) is 2.21. The van der Waals surface area contributed by atoms with Crippen LogP contribution in [0.4, 0.5) is 4.39 Å². The van der Waals surface area contributed by atoms with Gasteiger partial charge in [-0.2, -0.15) is 0 Å². The SMILES string of the molecule is CC(O)(CNC(=O)CCCOc1cccc(F)c1)c1ccco1. The molecule has 2 rings (SSSR count). The normalized spacial score (nSPS) is 13.3. The van der Waals surface area contributed by atoms with Crippen molar-refractivity contribution in [3.05, 3.63) is 54.2 Å². The monoisotopic (exact) mass is 321 g/mol. The molecule has 0 spiro atoms. The van der Waals surface area contributed by atoms with E-state index >= 15 is 0 Å². The van der Waals surface area contributed by atoms with Gasteiger partial charge in [-0.15, -0.1) is 0 Å². The first-order valence-corrected chi connectivity index (χ1v) is 7.39. The molecule has 0 bridgehead atoms. The number of ether oxygens (including phenoxy) is 1. The highest BCUT2D eigenvalue weighted by Crippen LogP contribution is 2.19. The zero-order valence-corrected chi connectivity index (χ0v) is 12.9. The standard InChI is InChI=1S/C17H20FNO4/c1-17(21,15-7-3-10-23-15)12-19-16(20)8-4-9-22-14-6-2-5-13(18)11-14/h2-3,5-7,10-11,21H,4,8-9,12H2,1H3,(H,19,20). The number of rotatable bonds is 8. The molecule has 1 unspecified atom stereocenters. The van der Waals surface area contributed by atoms with Gasteiger partial charge in [-0.25, -0.2) is 4.39 Å². The van der Waals surface area contributed by atoms with Crippen molar-refractivity contribution < 1.29 is 23.4 Å². The summed E-state index contributed by atoms with van der Waals surface area (Å²) >= 11 is 0. The second-order valence-corrected chi connectivity index (χ2v) is 5.44. The van der Waals surface area contributed by atoms with E-state index in [-0.39, 0.29) is 24.7 Å². The molecule has 1 amide bonds. The summed E-state index contributed by atoms with van der Waals surface area (Å²) < 4.78 is 23.5. The average molecular weight is 321 g/mol. The van der Waals surface area contributed by atoms with Crippen LogP contribution < -0.4 is 10.1 Å². The first-order chi connectivity index (χ1) is 11.0. The lowest BCUT2D eigenvalue weighted by atomic mass is 10.0. The number of hydrogen-bond acceptors (Lipinski definition) is 4. The van der Waals surface area contributed by atoms with Gasteiger partial charge in [-0.3, -0.25) is 4.79 Å². The topological polar surface area (TPSA) is 71.7 Å². The lowest BCUT2D eigenvalue weighted by Crippen LogP contribution is -2.38. The minimum atomic E-state index is -1.25. The highest BCUT2D eigenvalue weighted by molar-refractivity contribution is 5.75. The first kappa shape index (κ1) is 17.0. The Kier molecular flexibility index (Phi) is 5.76. The van der Waals surface area contributed by atoms with E-state index in [1.165, 1.54) is 18.4 Å². The van der Waals surface area contributed by atoms with Crippen molar-refractivity contribution in [2.24, 2.45) is 0 Å². The van der Waals surface area contributed by atoms with E-state index in [0.29, 0.717) is 24.5 Å². The van der Waals surface area contributed by atoms with E-state index in [0.717, 1.165) is 0 Å². The number of aliphatic hydroxyl groups is 1. The third-order valence-corrected chi connectivity index (χ3v) is 3.29. The van der Waals surface area contributed by atoms with Crippen molar-refractivity contribution in [1.29, 1.82) is 0 Å². The maximum Gasteiger partial charge on any atom is 0.220 e. The predicted molar refractivity (Wildman–Crippen MR) is 82.4 cm³/mol. The van der Waals surface area contributed by atoms with Crippen LogP contribution in [0.3, 0.4) is 0 Å². The number of furan rings is 1. The Labute approximate surface area is 134 Å². The van der Waals surface area contributed by atoms with Crippen LogP contribution in [-0.2, 0) is 10.4 Å². The Hall–Kier alpha value is -2.34. The second kappa shape index (κ2) is 7.78. The van der Waals surface area contributed by atoms with Crippen LogP contribution in [-0.4, -0.2) is 24.2 Å². The van der Waals surface area contributed by atoms with Crippen LogP contribution >= 0.6 is 0 Å². The van der Waals surface area contributed by atoms with Crippen molar-refractivity contribution in [3.8, 4) is 5.75 Å². The quantitative estimate of drug-likeness (QED) is 0.733. The van der Waals surface area contributed by atoms with Gasteiger partial charge in [0.25, 0.3) is 0 Å². The second-order valence-electron chi connectivity index (χ2n) is 5.44. The molecule has 1 aromatic carbocycles. The summed E-state index contributed by atoms with van der Waals surface area (Å²) in [6.45, 7) is 1.94. The zero-order chi connectivity index (χ0) is 16.7. The van der Waals surface area contributed by atoms with Gasteiger partial charge in [-0.1, -0.05) is 6.07 Å². The predicted octanol–water partition coefficient (Wildman–Crippen LogP) is 2.60. The number of halogens is 1. The Morgan fingerprint density at radius 2 is 2.22 bits per heavy atom. The van der Waals surface area contributed by atoms with Crippen molar-refractivity contribution in [2.75, 3.05) is 13.2 Å². The summed E-state index contributed by atoms with van der Waals surface area (Å²) in [5, 5.41) is 12.9. The fourth-order valence-electron chi connectivity index (χ4n) is 2.01. The lowest BCUT2D eigenvalue weighted by Gasteiger charge is -2.21. The zero-order valence-electron chi connectivity index (χ0n) is 12.9. The number of nitrogens with one attached hydrogen (secondary N) is 1. The smallest absolute Gasteiger partial charge is 0.220 e. The van der Waals surface area contributed by atoms with Crippen molar-refractivity contribution in [3.63, 3.8) is 0 Å². The molecule has 2 N–H and O–H groups in total. The maximum atomic E-state index is 13.0. The number of carbonyl (C=O) groups is 1. The molecule has 0 fully saturated rings. The van der Waals surface area contributed by atoms with Crippen LogP contribution in [0.5, 0.6) is 5.75 Å². The van der Waals surface area contributed by atoms with Gasteiger partial charge >= 0.3 is 0 Å². The Bertz CT molecular complexity index is 625. The van der Waals surface area contributed by atoms with E-state index in [2.05, 4.69) is 5.32 Å². The molecule has 0 saturated heterocycles. The van der Waals surface area contributed by atoms with Crippen LogP contribution in [0.1, 0.15) is 25.5 Å². The Balaban J connectivity index is 1.65. The highest BCUT2D eigenvalue weighted by atomic mass is 19.1. The summed E-state index contributed by atoms with van der Waals surface area (Å²) in [5.41, 5.74) is -1.25. The summed E-state index contributed by atoms with van der Waals surface area (Å²) in [5.74, 6) is 0.276. The number of hydrogen-bond donors (Lipinski definition) is 2. The molecule has 0 aliphatic carbocycles. The molecule has 124 valence electrons. The van der Waals surface area contributed by atoms with E-state index < -0.39 is 5.60 Å². The molecule has 1 atom stereocenters. The Morgan fingerprint density at radius 1 is 1.39 bits per heavy atom. The van der Waals surface area contributed by atoms with Crippen LogP contribution in [0.25, 0.3) is 0 Å². The van der Waals surface area contributed by atoms with Crippen LogP contribution in [0.2, 0.25) is 0 Å². The third kappa shape index (κ3) is 5.41. The van der Waals surface area contributed by atoms with Gasteiger partial charge in [0, 0.05) is 12.5 Å². The molecule has 0 aliphatic heterocycles. The van der Waals surface area contributed by atoms with Gasteiger partial charge in [-0.05, 0) is 37.6 Å². The number of carbonyl (C=O) groups excluding carboxylic acids is 1. The van der Waals surface area contributed by atoms with Crippen LogP contribution in [0, 0.1) is 5.82 Å².